The maximum absolute atomic E-state index is 11.3. The number of methoxy groups -OCH3 is 1. The minimum atomic E-state index is -1.06. The molecule has 0 aliphatic rings. The summed E-state index contributed by atoms with van der Waals surface area (Å²) in [5.41, 5.74) is 1.76. The molecule has 3 N–H and O–H groups in total. The van der Waals surface area contributed by atoms with Crippen molar-refractivity contribution in [3.8, 4) is 5.75 Å². The smallest absolute Gasteiger partial charge is 0.335 e. The summed E-state index contributed by atoms with van der Waals surface area (Å²) in [4.78, 5) is 22.4. The van der Waals surface area contributed by atoms with E-state index in [0.29, 0.717) is 22.8 Å². The van der Waals surface area contributed by atoms with Crippen LogP contribution in [0, 0.1) is 0 Å². The monoisotopic (exact) mass is 300 g/mol. The lowest BCUT2D eigenvalue weighted by molar-refractivity contribution is -0.114. The summed E-state index contributed by atoms with van der Waals surface area (Å²) < 4.78 is 5.26. The Hall–Kier alpha value is -3.02. The highest BCUT2D eigenvalue weighted by atomic mass is 16.5. The first-order chi connectivity index (χ1) is 10.5. The molecule has 0 saturated heterocycles. The van der Waals surface area contributed by atoms with E-state index in [4.69, 9.17) is 9.84 Å². The SMILES string of the molecule is COc1ccccc1Nc1ccc(C(=O)O)cc1NC(C)=O. The fourth-order valence-electron chi connectivity index (χ4n) is 1.97. The number of nitrogens with one attached hydrogen (secondary N) is 2. The molecule has 0 radical (unpaired) electrons. The molecule has 2 rings (SSSR count). The Labute approximate surface area is 127 Å². The van der Waals surface area contributed by atoms with Crippen LogP contribution in [0.2, 0.25) is 0 Å². The van der Waals surface area contributed by atoms with E-state index in [9.17, 15) is 9.59 Å². The van der Waals surface area contributed by atoms with Crippen LogP contribution in [-0.4, -0.2) is 24.1 Å². The summed E-state index contributed by atoms with van der Waals surface area (Å²) in [5.74, 6) is -0.709. The Bertz CT molecular complexity index is 713. The second kappa shape index (κ2) is 6.62. The zero-order valence-corrected chi connectivity index (χ0v) is 12.2. The first-order valence-corrected chi connectivity index (χ1v) is 6.56. The van der Waals surface area contributed by atoms with Gasteiger partial charge >= 0.3 is 5.97 Å². The number of carbonyl (C=O) groups excluding carboxylic acids is 1. The average Bonchev–Trinajstić information content (AvgIpc) is 2.48. The Kier molecular flexibility index (Phi) is 4.63. The molecule has 22 heavy (non-hydrogen) atoms. The number of amides is 1. The molecule has 0 bridgehead atoms. The largest absolute Gasteiger partial charge is 0.495 e. The van der Waals surface area contributed by atoms with E-state index in [1.54, 1.807) is 19.2 Å². The van der Waals surface area contributed by atoms with E-state index in [0.717, 1.165) is 0 Å². The molecule has 0 fully saturated rings. The molecule has 6 nitrogen and oxygen atoms in total. The van der Waals surface area contributed by atoms with Crippen molar-refractivity contribution in [2.24, 2.45) is 0 Å². The van der Waals surface area contributed by atoms with Crippen molar-refractivity contribution in [1.29, 1.82) is 0 Å². The topological polar surface area (TPSA) is 87.7 Å². The van der Waals surface area contributed by atoms with Crippen molar-refractivity contribution >= 4 is 28.9 Å². The minimum absolute atomic E-state index is 0.0920. The Morgan fingerprint density at radius 2 is 1.77 bits per heavy atom. The van der Waals surface area contributed by atoms with Crippen LogP contribution in [0.25, 0.3) is 0 Å². The van der Waals surface area contributed by atoms with Gasteiger partial charge in [-0.25, -0.2) is 4.79 Å². The Balaban J connectivity index is 2.41. The highest BCUT2D eigenvalue weighted by Gasteiger charge is 2.11. The third kappa shape index (κ3) is 3.54. The third-order valence-electron chi connectivity index (χ3n) is 2.95. The van der Waals surface area contributed by atoms with E-state index in [1.807, 2.05) is 18.2 Å². The molecule has 2 aromatic carbocycles. The van der Waals surface area contributed by atoms with Gasteiger partial charge in [-0.05, 0) is 30.3 Å². The zero-order valence-electron chi connectivity index (χ0n) is 12.2. The fraction of sp³-hybridized carbons (Fsp3) is 0.125. The highest BCUT2D eigenvalue weighted by Crippen LogP contribution is 2.31. The van der Waals surface area contributed by atoms with Gasteiger partial charge in [-0.1, -0.05) is 12.1 Å². The van der Waals surface area contributed by atoms with E-state index in [1.165, 1.54) is 19.1 Å². The van der Waals surface area contributed by atoms with Gasteiger partial charge in [-0.2, -0.15) is 0 Å². The van der Waals surface area contributed by atoms with Gasteiger partial charge in [-0.15, -0.1) is 0 Å². The molecule has 6 heteroatoms. The van der Waals surface area contributed by atoms with Crippen LogP contribution in [0.3, 0.4) is 0 Å². The van der Waals surface area contributed by atoms with Gasteiger partial charge in [0, 0.05) is 6.92 Å². The second-order valence-corrected chi connectivity index (χ2v) is 4.57. The molecule has 0 aliphatic carbocycles. The number of para-hydroxylation sites is 2. The number of anilines is 3. The molecule has 0 aliphatic heterocycles. The first kappa shape index (κ1) is 15.4. The predicted octanol–water partition coefficient (Wildman–Crippen LogP) is 3.10. The van der Waals surface area contributed by atoms with Gasteiger partial charge in [0.05, 0.1) is 29.7 Å². The molecule has 0 aromatic heterocycles. The first-order valence-electron chi connectivity index (χ1n) is 6.56. The number of aromatic carboxylic acids is 1. The lowest BCUT2D eigenvalue weighted by Crippen LogP contribution is -2.09. The van der Waals surface area contributed by atoms with Crippen LogP contribution in [0.4, 0.5) is 17.1 Å². The summed E-state index contributed by atoms with van der Waals surface area (Å²) in [7, 11) is 1.56. The summed E-state index contributed by atoms with van der Waals surface area (Å²) in [6.45, 7) is 1.36. The Morgan fingerprint density at radius 3 is 2.41 bits per heavy atom. The van der Waals surface area contributed by atoms with Gasteiger partial charge in [0.25, 0.3) is 0 Å². The molecule has 1 amide bonds. The second-order valence-electron chi connectivity index (χ2n) is 4.57. The number of carboxylic acids is 1. The molecule has 0 heterocycles. The van der Waals surface area contributed by atoms with Crippen LogP contribution in [0.5, 0.6) is 5.75 Å². The number of carboxylic acid groups (broad SMARTS) is 1. The summed E-state index contributed by atoms with van der Waals surface area (Å²) in [6.07, 6.45) is 0. The molecule has 114 valence electrons. The molecule has 0 saturated carbocycles. The lowest BCUT2D eigenvalue weighted by atomic mass is 10.1. The van der Waals surface area contributed by atoms with E-state index in [2.05, 4.69) is 10.6 Å². The zero-order chi connectivity index (χ0) is 16.1. The fourth-order valence-corrected chi connectivity index (χ4v) is 1.97. The molecular weight excluding hydrogens is 284 g/mol. The molecule has 0 atom stereocenters. The van der Waals surface area contributed by atoms with Gasteiger partial charge < -0.3 is 20.5 Å². The van der Waals surface area contributed by atoms with Gasteiger partial charge in [0.2, 0.25) is 5.91 Å². The lowest BCUT2D eigenvalue weighted by Gasteiger charge is -2.15. The molecular formula is C16H16N2O4. The number of ether oxygens (including phenoxy) is 1. The summed E-state index contributed by atoms with van der Waals surface area (Å²) in [6, 6.07) is 11.8. The van der Waals surface area contributed by atoms with Crippen molar-refractivity contribution in [3.05, 3.63) is 48.0 Å². The van der Waals surface area contributed by atoms with E-state index < -0.39 is 5.97 Å². The molecule has 2 aromatic rings. The average molecular weight is 300 g/mol. The maximum Gasteiger partial charge on any atom is 0.335 e. The van der Waals surface area contributed by atoms with Crippen LogP contribution < -0.4 is 15.4 Å². The Morgan fingerprint density at radius 1 is 1.05 bits per heavy atom. The van der Waals surface area contributed by atoms with Crippen molar-refractivity contribution < 1.29 is 19.4 Å². The van der Waals surface area contributed by atoms with Gasteiger partial charge in [-0.3, -0.25) is 4.79 Å². The number of hydrogen-bond donors (Lipinski definition) is 3. The normalized spacial score (nSPS) is 9.91. The van der Waals surface area contributed by atoms with Crippen molar-refractivity contribution in [2.45, 2.75) is 6.92 Å². The number of rotatable bonds is 5. The van der Waals surface area contributed by atoms with Gasteiger partial charge in [0.1, 0.15) is 5.75 Å². The van der Waals surface area contributed by atoms with Crippen LogP contribution in [0.15, 0.2) is 42.5 Å². The molecule has 0 spiro atoms. The maximum atomic E-state index is 11.3. The van der Waals surface area contributed by atoms with Crippen molar-refractivity contribution in [3.63, 3.8) is 0 Å². The highest BCUT2D eigenvalue weighted by molar-refractivity contribution is 5.97. The van der Waals surface area contributed by atoms with Crippen molar-refractivity contribution in [1.82, 2.24) is 0 Å². The third-order valence-corrected chi connectivity index (χ3v) is 2.95. The predicted molar refractivity (Wildman–Crippen MR) is 84.0 cm³/mol. The van der Waals surface area contributed by atoms with Crippen LogP contribution >= 0.6 is 0 Å². The summed E-state index contributed by atoms with van der Waals surface area (Å²) in [5, 5.41) is 14.8. The van der Waals surface area contributed by atoms with E-state index in [-0.39, 0.29) is 11.5 Å². The van der Waals surface area contributed by atoms with Gasteiger partial charge in [0.15, 0.2) is 0 Å². The number of benzene rings is 2. The number of carbonyl (C=O) groups is 2. The minimum Gasteiger partial charge on any atom is -0.495 e. The van der Waals surface area contributed by atoms with Crippen LogP contribution in [-0.2, 0) is 4.79 Å². The van der Waals surface area contributed by atoms with Crippen LogP contribution in [0.1, 0.15) is 17.3 Å². The molecule has 0 unspecified atom stereocenters. The number of hydrogen-bond acceptors (Lipinski definition) is 4. The quantitative estimate of drug-likeness (QED) is 0.789. The summed E-state index contributed by atoms with van der Waals surface area (Å²) >= 11 is 0. The van der Waals surface area contributed by atoms with Crippen molar-refractivity contribution in [2.75, 3.05) is 17.7 Å². The standard InChI is InChI=1S/C16H16N2O4/c1-10(19)17-14-9-11(16(20)21)7-8-12(14)18-13-5-3-4-6-15(13)22-2/h3-9,18H,1-2H3,(H,17,19)(H,20,21). The van der Waals surface area contributed by atoms with E-state index >= 15 is 0 Å².